The lowest BCUT2D eigenvalue weighted by Gasteiger charge is -2.01. The van der Waals surface area contributed by atoms with Crippen LogP contribution in [0, 0.1) is 6.92 Å². The second kappa shape index (κ2) is 4.77. The van der Waals surface area contributed by atoms with Crippen molar-refractivity contribution in [3.05, 3.63) is 29.2 Å². The van der Waals surface area contributed by atoms with E-state index in [9.17, 15) is 4.79 Å². The Morgan fingerprint density at radius 1 is 1.47 bits per heavy atom. The molecule has 90 valence electrons. The summed E-state index contributed by atoms with van der Waals surface area (Å²) >= 11 is 0. The minimum Gasteiger partial charge on any atom is -0.448 e. The van der Waals surface area contributed by atoms with Crippen LogP contribution in [0.1, 0.15) is 34.6 Å². The van der Waals surface area contributed by atoms with Gasteiger partial charge in [0.15, 0.2) is 12.1 Å². The van der Waals surface area contributed by atoms with Crippen molar-refractivity contribution in [2.24, 2.45) is 0 Å². The van der Waals surface area contributed by atoms with E-state index in [4.69, 9.17) is 4.42 Å². The normalized spacial score (nSPS) is 10.5. The lowest BCUT2D eigenvalue weighted by molar-refractivity contribution is 0.0943. The third kappa shape index (κ3) is 2.32. The number of rotatable bonds is 4. The van der Waals surface area contributed by atoms with Crippen LogP contribution in [0.4, 0.5) is 0 Å². The fourth-order valence-corrected chi connectivity index (χ4v) is 1.36. The molecule has 0 bridgehead atoms. The second-order valence-corrected chi connectivity index (χ2v) is 3.46. The molecule has 1 N–H and O–H groups in total. The third-order valence-electron chi connectivity index (χ3n) is 2.34. The third-order valence-corrected chi connectivity index (χ3v) is 2.34. The van der Waals surface area contributed by atoms with Gasteiger partial charge < -0.3 is 9.73 Å². The van der Waals surface area contributed by atoms with E-state index in [-0.39, 0.29) is 12.5 Å². The molecule has 0 fully saturated rings. The van der Waals surface area contributed by atoms with Gasteiger partial charge in [0.2, 0.25) is 0 Å². The SMILES string of the molecule is CCc1ocnc1C(=O)NCc1nonc1C. The minimum absolute atomic E-state index is 0.254. The van der Waals surface area contributed by atoms with E-state index in [1.54, 1.807) is 6.92 Å². The molecule has 0 radical (unpaired) electrons. The number of hydrogen-bond acceptors (Lipinski definition) is 6. The van der Waals surface area contributed by atoms with E-state index in [0.717, 1.165) is 0 Å². The van der Waals surface area contributed by atoms with E-state index in [0.29, 0.717) is 29.3 Å². The molecule has 0 aliphatic carbocycles. The van der Waals surface area contributed by atoms with E-state index in [1.165, 1.54) is 6.39 Å². The molecule has 7 nitrogen and oxygen atoms in total. The van der Waals surface area contributed by atoms with E-state index in [1.807, 2.05) is 6.92 Å². The summed E-state index contributed by atoms with van der Waals surface area (Å²) in [6.07, 6.45) is 1.88. The van der Waals surface area contributed by atoms with Crippen molar-refractivity contribution >= 4 is 5.91 Å². The fourth-order valence-electron chi connectivity index (χ4n) is 1.36. The second-order valence-electron chi connectivity index (χ2n) is 3.46. The van der Waals surface area contributed by atoms with E-state index >= 15 is 0 Å². The molecule has 1 amide bonds. The Kier molecular flexibility index (Phi) is 3.17. The maximum absolute atomic E-state index is 11.8. The van der Waals surface area contributed by atoms with Crippen molar-refractivity contribution in [2.75, 3.05) is 0 Å². The van der Waals surface area contributed by atoms with Gasteiger partial charge in [-0.05, 0) is 6.92 Å². The van der Waals surface area contributed by atoms with Crippen LogP contribution < -0.4 is 5.32 Å². The van der Waals surface area contributed by atoms with Crippen LogP contribution in [0.3, 0.4) is 0 Å². The van der Waals surface area contributed by atoms with Gasteiger partial charge in [0.25, 0.3) is 5.91 Å². The van der Waals surface area contributed by atoms with Crippen LogP contribution >= 0.6 is 0 Å². The molecule has 0 aliphatic rings. The molecule has 0 aromatic carbocycles. The van der Waals surface area contributed by atoms with Gasteiger partial charge in [-0.1, -0.05) is 17.2 Å². The summed E-state index contributed by atoms with van der Waals surface area (Å²) in [5.41, 5.74) is 1.56. The highest BCUT2D eigenvalue weighted by atomic mass is 16.6. The predicted molar refractivity (Wildman–Crippen MR) is 56.1 cm³/mol. The molecular weight excluding hydrogens is 224 g/mol. The number of amides is 1. The standard InChI is InChI=1S/C10H12N4O3/c1-3-8-9(12-5-16-8)10(15)11-4-7-6(2)13-17-14-7/h5H,3-4H2,1-2H3,(H,11,15). The highest BCUT2D eigenvalue weighted by Gasteiger charge is 2.16. The zero-order valence-electron chi connectivity index (χ0n) is 9.56. The first-order valence-corrected chi connectivity index (χ1v) is 5.21. The van der Waals surface area contributed by atoms with Crippen LogP contribution in [0.15, 0.2) is 15.4 Å². The number of nitrogens with zero attached hydrogens (tertiary/aromatic N) is 3. The Morgan fingerprint density at radius 2 is 2.29 bits per heavy atom. The monoisotopic (exact) mass is 236 g/mol. The van der Waals surface area contributed by atoms with Gasteiger partial charge in [0.1, 0.15) is 17.1 Å². The zero-order chi connectivity index (χ0) is 12.3. The minimum atomic E-state index is -0.294. The Bertz CT molecular complexity index is 517. The summed E-state index contributed by atoms with van der Waals surface area (Å²) in [4.78, 5) is 15.7. The van der Waals surface area contributed by atoms with E-state index < -0.39 is 0 Å². The fraction of sp³-hybridized carbons (Fsp3) is 0.400. The van der Waals surface area contributed by atoms with Gasteiger partial charge >= 0.3 is 0 Å². The van der Waals surface area contributed by atoms with Crippen molar-refractivity contribution in [2.45, 2.75) is 26.8 Å². The molecule has 7 heteroatoms. The Balaban J connectivity index is 2.01. The van der Waals surface area contributed by atoms with Crippen LogP contribution in [0.2, 0.25) is 0 Å². The van der Waals surface area contributed by atoms with Crippen LogP contribution in [0.5, 0.6) is 0 Å². The molecule has 0 unspecified atom stereocenters. The molecule has 2 aromatic rings. The van der Waals surface area contributed by atoms with Gasteiger partial charge in [-0.25, -0.2) is 9.61 Å². The molecule has 0 saturated heterocycles. The summed E-state index contributed by atoms with van der Waals surface area (Å²) in [6, 6.07) is 0. The summed E-state index contributed by atoms with van der Waals surface area (Å²) < 4.78 is 9.61. The number of aromatic nitrogens is 3. The largest absolute Gasteiger partial charge is 0.448 e. The van der Waals surface area contributed by atoms with Crippen molar-refractivity contribution in [1.29, 1.82) is 0 Å². The van der Waals surface area contributed by atoms with Gasteiger partial charge in [0, 0.05) is 6.42 Å². The summed E-state index contributed by atoms with van der Waals surface area (Å²) in [6.45, 7) is 3.90. The van der Waals surface area contributed by atoms with E-state index in [2.05, 4.69) is 25.2 Å². The Labute approximate surface area is 97.2 Å². The van der Waals surface area contributed by atoms with Gasteiger partial charge in [-0.2, -0.15) is 0 Å². The first-order valence-electron chi connectivity index (χ1n) is 5.21. The molecule has 2 aromatic heterocycles. The molecule has 2 rings (SSSR count). The Morgan fingerprint density at radius 3 is 2.94 bits per heavy atom. The molecule has 0 atom stereocenters. The summed E-state index contributed by atoms with van der Waals surface area (Å²) in [5.74, 6) is 0.274. The van der Waals surface area contributed by atoms with Crippen LogP contribution in [0.25, 0.3) is 0 Å². The van der Waals surface area contributed by atoms with Gasteiger partial charge in [-0.3, -0.25) is 4.79 Å². The highest BCUT2D eigenvalue weighted by Crippen LogP contribution is 2.07. The maximum atomic E-state index is 11.8. The highest BCUT2D eigenvalue weighted by molar-refractivity contribution is 5.93. The maximum Gasteiger partial charge on any atom is 0.273 e. The number of nitrogens with one attached hydrogen (secondary N) is 1. The first-order chi connectivity index (χ1) is 8.22. The van der Waals surface area contributed by atoms with Crippen molar-refractivity contribution in [3.8, 4) is 0 Å². The molecule has 17 heavy (non-hydrogen) atoms. The van der Waals surface area contributed by atoms with Crippen molar-refractivity contribution < 1.29 is 13.8 Å². The van der Waals surface area contributed by atoms with Gasteiger partial charge in [-0.15, -0.1) is 0 Å². The number of hydrogen-bond donors (Lipinski definition) is 1. The van der Waals surface area contributed by atoms with Crippen molar-refractivity contribution in [1.82, 2.24) is 20.6 Å². The number of aryl methyl sites for hydroxylation is 2. The lowest BCUT2D eigenvalue weighted by atomic mass is 10.2. The van der Waals surface area contributed by atoms with Crippen LogP contribution in [-0.2, 0) is 13.0 Å². The molecule has 2 heterocycles. The molecule has 0 spiro atoms. The number of oxazole rings is 1. The summed E-state index contributed by atoms with van der Waals surface area (Å²) in [7, 11) is 0. The average molecular weight is 236 g/mol. The van der Waals surface area contributed by atoms with Gasteiger partial charge in [0.05, 0.1) is 6.54 Å². The predicted octanol–water partition coefficient (Wildman–Crippen LogP) is 0.858. The smallest absolute Gasteiger partial charge is 0.273 e. The lowest BCUT2D eigenvalue weighted by Crippen LogP contribution is -2.24. The molecule has 0 saturated carbocycles. The number of carbonyl (C=O) groups is 1. The first kappa shape index (κ1) is 11.3. The average Bonchev–Trinajstić information content (AvgIpc) is 2.94. The number of carbonyl (C=O) groups excluding carboxylic acids is 1. The quantitative estimate of drug-likeness (QED) is 0.846. The molecular formula is C10H12N4O3. The topological polar surface area (TPSA) is 94.1 Å². The zero-order valence-corrected chi connectivity index (χ0v) is 9.56. The molecule has 0 aliphatic heterocycles. The van der Waals surface area contributed by atoms with Crippen molar-refractivity contribution in [3.63, 3.8) is 0 Å². The van der Waals surface area contributed by atoms with Crippen LogP contribution in [-0.4, -0.2) is 21.2 Å². The summed E-state index contributed by atoms with van der Waals surface area (Å²) in [5, 5.41) is 9.97. The Hall–Kier alpha value is -2.18.